The monoisotopic (exact) mass is 532 g/mol. The van der Waals surface area contributed by atoms with Crippen molar-refractivity contribution < 1.29 is 39.9 Å². The summed E-state index contributed by atoms with van der Waals surface area (Å²) in [5.74, 6) is -6.38. The van der Waals surface area contributed by atoms with E-state index < -0.39 is 40.0 Å². The number of ether oxygens (including phenoxy) is 1. The number of sulfone groups is 1. The molecule has 194 valence electrons. The minimum atomic E-state index is -5.85. The van der Waals surface area contributed by atoms with Crippen LogP contribution in [0.15, 0.2) is 29.4 Å². The number of pyridine rings is 2. The minimum Gasteiger partial charge on any atom is -0.471 e. The number of fused-ring (bicyclic) bond motifs is 1. The molecule has 36 heavy (non-hydrogen) atoms. The summed E-state index contributed by atoms with van der Waals surface area (Å²) in [4.78, 5) is 20.4. The molecule has 0 saturated carbocycles. The van der Waals surface area contributed by atoms with Gasteiger partial charge in [-0.2, -0.15) is 27.2 Å². The van der Waals surface area contributed by atoms with Crippen molar-refractivity contribution in [2.45, 2.75) is 56.2 Å². The summed E-state index contributed by atoms with van der Waals surface area (Å²) >= 11 is 0. The summed E-state index contributed by atoms with van der Waals surface area (Å²) in [6, 6.07) is 4.39. The van der Waals surface area contributed by atoms with Crippen LogP contribution in [-0.4, -0.2) is 54.3 Å². The fourth-order valence-electron chi connectivity index (χ4n) is 3.42. The van der Waals surface area contributed by atoms with Crippen LogP contribution in [0.25, 0.3) is 11.4 Å². The first-order valence-corrected chi connectivity index (χ1v) is 12.2. The summed E-state index contributed by atoms with van der Waals surface area (Å²) < 4.78 is 96.6. The maximum absolute atomic E-state index is 13.7. The number of amides is 1. The normalized spacial score (nSPS) is 14.9. The highest BCUT2D eigenvalue weighted by atomic mass is 32.2. The van der Waals surface area contributed by atoms with Crippen molar-refractivity contribution in [3.05, 3.63) is 30.1 Å². The number of nitriles is 1. The number of hydrogen-bond acceptors (Lipinski definition) is 7. The molecule has 2 aromatic rings. The van der Waals surface area contributed by atoms with E-state index in [9.17, 15) is 40.4 Å². The van der Waals surface area contributed by atoms with Gasteiger partial charge in [-0.25, -0.2) is 13.4 Å². The predicted octanol–water partition coefficient (Wildman–Crippen LogP) is 4.09. The van der Waals surface area contributed by atoms with Crippen LogP contribution in [0.2, 0.25) is 0 Å². The van der Waals surface area contributed by atoms with Gasteiger partial charge in [-0.3, -0.25) is 9.78 Å². The summed E-state index contributed by atoms with van der Waals surface area (Å²) in [5, 5.41) is 9.17. The topological polar surface area (TPSA) is 113 Å². The van der Waals surface area contributed by atoms with Crippen LogP contribution in [0.4, 0.5) is 27.6 Å². The van der Waals surface area contributed by atoms with Crippen molar-refractivity contribution in [3.8, 4) is 23.2 Å². The van der Waals surface area contributed by atoms with Crippen LogP contribution in [0.1, 0.15) is 32.8 Å². The van der Waals surface area contributed by atoms with Crippen LogP contribution < -0.4 is 9.64 Å². The highest BCUT2D eigenvalue weighted by Crippen LogP contribution is 2.39. The van der Waals surface area contributed by atoms with Crippen molar-refractivity contribution >= 4 is 21.4 Å². The fraction of sp³-hybridized carbons (Fsp3) is 0.455. The number of aromatic nitrogens is 2. The molecule has 1 amide bonds. The van der Waals surface area contributed by atoms with Gasteiger partial charge in [-0.05, 0) is 31.9 Å². The van der Waals surface area contributed by atoms with Gasteiger partial charge in [0.25, 0.3) is 0 Å². The van der Waals surface area contributed by atoms with E-state index >= 15 is 0 Å². The van der Waals surface area contributed by atoms with Crippen molar-refractivity contribution in [2.75, 3.05) is 17.2 Å². The van der Waals surface area contributed by atoms with Gasteiger partial charge < -0.3 is 9.64 Å². The average Bonchev–Trinajstić information content (AvgIpc) is 2.79. The van der Waals surface area contributed by atoms with E-state index in [1.54, 1.807) is 0 Å². The quantitative estimate of drug-likeness (QED) is 0.494. The molecule has 0 bridgehead atoms. The highest BCUT2D eigenvalue weighted by molar-refractivity contribution is 7.91. The maximum atomic E-state index is 13.7. The number of carbonyl (C=O) groups is 1. The second-order valence-corrected chi connectivity index (χ2v) is 10.8. The van der Waals surface area contributed by atoms with E-state index in [2.05, 4.69) is 9.97 Å². The Morgan fingerprint density at radius 1 is 1.11 bits per heavy atom. The van der Waals surface area contributed by atoms with Gasteiger partial charge in [0.2, 0.25) is 5.91 Å². The Morgan fingerprint density at radius 2 is 1.78 bits per heavy atom. The van der Waals surface area contributed by atoms with Gasteiger partial charge in [0, 0.05) is 12.5 Å². The van der Waals surface area contributed by atoms with E-state index in [1.807, 2.05) is 6.07 Å². The zero-order chi connectivity index (χ0) is 27.1. The van der Waals surface area contributed by atoms with E-state index in [0.717, 1.165) is 6.20 Å². The Bertz CT molecular complexity index is 1340. The van der Waals surface area contributed by atoms with E-state index in [1.165, 1.54) is 39.1 Å². The first kappa shape index (κ1) is 27.3. The number of halogens is 5. The van der Waals surface area contributed by atoms with Crippen LogP contribution in [0.3, 0.4) is 0 Å². The molecule has 0 aromatic carbocycles. The molecule has 0 unspecified atom stereocenters. The second kappa shape index (κ2) is 9.27. The molecule has 0 radical (unpaired) electrons. The largest absolute Gasteiger partial charge is 0.471 e. The molecule has 0 fully saturated rings. The number of alkyl halides is 5. The molecular formula is C22H21F5N4O4S. The molecule has 8 nitrogen and oxygen atoms in total. The van der Waals surface area contributed by atoms with Gasteiger partial charge >= 0.3 is 12.1 Å². The smallest absolute Gasteiger partial charge is 0.455 e. The van der Waals surface area contributed by atoms with E-state index in [4.69, 9.17) is 4.74 Å². The first-order valence-electron chi connectivity index (χ1n) is 10.6. The summed E-state index contributed by atoms with van der Waals surface area (Å²) in [7, 11) is -3.90. The van der Waals surface area contributed by atoms with Crippen LogP contribution in [0, 0.1) is 11.3 Å². The number of aryl methyl sites for hydroxylation is 1. The third kappa shape index (κ3) is 5.40. The fourth-order valence-corrected chi connectivity index (χ4v) is 4.48. The molecule has 0 N–H and O–H groups in total. The van der Waals surface area contributed by atoms with E-state index in [0.29, 0.717) is 4.90 Å². The highest BCUT2D eigenvalue weighted by Gasteiger charge is 2.59. The predicted molar refractivity (Wildman–Crippen MR) is 117 cm³/mol. The number of anilines is 1. The van der Waals surface area contributed by atoms with E-state index in [-0.39, 0.29) is 51.9 Å². The molecular weight excluding hydrogens is 511 g/mol. The molecule has 0 spiro atoms. The molecule has 14 heteroatoms. The van der Waals surface area contributed by atoms with Crippen molar-refractivity contribution in [3.63, 3.8) is 0 Å². The lowest BCUT2D eigenvalue weighted by atomic mass is 10.0. The SMILES string of the molecule is CCS(=O)(=O)c1cc(OC(C)(C)C#N)cnc1-c1cc2c(cn1)N(CC(F)(F)C(F)(F)F)C(=O)CC2. The molecule has 0 saturated heterocycles. The van der Waals surface area contributed by atoms with Crippen LogP contribution in [0.5, 0.6) is 5.75 Å². The Hall–Kier alpha value is -3.34. The number of carbonyl (C=O) groups excluding carboxylic acids is 1. The van der Waals surface area contributed by atoms with Gasteiger partial charge in [-0.15, -0.1) is 0 Å². The number of nitrogens with zero attached hydrogens (tertiary/aromatic N) is 4. The van der Waals surface area contributed by atoms with Crippen LogP contribution >= 0.6 is 0 Å². The lowest BCUT2D eigenvalue weighted by Crippen LogP contribution is -2.50. The summed E-state index contributed by atoms with van der Waals surface area (Å²) in [5.41, 5.74) is -1.39. The zero-order valence-corrected chi connectivity index (χ0v) is 20.2. The Labute approximate surface area is 203 Å². The Kier molecular flexibility index (Phi) is 7.02. The Balaban J connectivity index is 2.08. The molecule has 2 aromatic heterocycles. The minimum absolute atomic E-state index is 0.00133. The lowest BCUT2D eigenvalue weighted by Gasteiger charge is -2.32. The number of rotatable bonds is 7. The van der Waals surface area contributed by atoms with Gasteiger partial charge in [0.05, 0.1) is 41.0 Å². The third-order valence-corrected chi connectivity index (χ3v) is 7.11. The summed E-state index contributed by atoms with van der Waals surface area (Å²) in [6.45, 7) is 2.43. The van der Waals surface area contributed by atoms with Crippen molar-refractivity contribution in [2.24, 2.45) is 0 Å². The first-order chi connectivity index (χ1) is 16.5. The maximum Gasteiger partial charge on any atom is 0.455 e. The zero-order valence-electron chi connectivity index (χ0n) is 19.4. The van der Waals surface area contributed by atoms with Crippen molar-refractivity contribution in [1.29, 1.82) is 5.26 Å². The molecule has 1 aliphatic heterocycles. The molecule has 3 rings (SSSR count). The lowest BCUT2D eigenvalue weighted by molar-refractivity contribution is -0.276. The standard InChI is InChI=1S/C22H21F5N4O4S/c1-4-36(33,34)17-8-14(35-20(2,3)11-28)9-30-19(17)15-7-13-5-6-18(32)31(16(13)10-29-15)12-21(23,24)22(25,26)27/h7-10H,4-6,12H2,1-3H3. The van der Waals surface area contributed by atoms with Gasteiger partial charge in [0.15, 0.2) is 15.4 Å². The molecule has 1 aliphatic rings. The van der Waals surface area contributed by atoms with Crippen molar-refractivity contribution in [1.82, 2.24) is 9.97 Å². The Morgan fingerprint density at radius 3 is 2.36 bits per heavy atom. The third-order valence-electron chi connectivity index (χ3n) is 5.36. The second-order valence-electron chi connectivity index (χ2n) is 8.53. The number of hydrogen-bond donors (Lipinski definition) is 0. The molecule has 0 atom stereocenters. The van der Waals surface area contributed by atoms with Gasteiger partial charge in [-0.1, -0.05) is 6.92 Å². The molecule has 3 heterocycles. The summed E-state index contributed by atoms with van der Waals surface area (Å²) in [6.07, 6.45) is -4.03. The van der Waals surface area contributed by atoms with Crippen LogP contribution in [-0.2, 0) is 21.1 Å². The van der Waals surface area contributed by atoms with Gasteiger partial charge in [0.1, 0.15) is 17.5 Å². The molecule has 0 aliphatic carbocycles. The average molecular weight is 532 g/mol.